The molecule has 4 nitrogen and oxygen atoms in total. The highest BCUT2D eigenvalue weighted by Crippen LogP contribution is 2.41. The molecule has 0 aromatic rings. The van der Waals surface area contributed by atoms with Crippen LogP contribution < -0.4 is 0 Å². The largest absolute Gasteiger partial charge is 0.414 e. The molecule has 0 amide bonds. The molecule has 2 rings (SSSR count). The van der Waals surface area contributed by atoms with Gasteiger partial charge in [-0.15, -0.1) is 0 Å². The molecular weight excluding hydrogens is 384 g/mol. The molecule has 6 heteroatoms. The van der Waals surface area contributed by atoms with Crippen LogP contribution in [-0.2, 0) is 18.3 Å². The Morgan fingerprint density at radius 2 is 1.50 bits per heavy atom. The van der Waals surface area contributed by atoms with E-state index in [0.29, 0.717) is 13.2 Å². The molecule has 2 aliphatic rings. The van der Waals surface area contributed by atoms with Crippen LogP contribution in [0.1, 0.15) is 54.4 Å². The Morgan fingerprint density at radius 1 is 0.893 bits per heavy atom. The molecular formula is C22H44O4Si2. The van der Waals surface area contributed by atoms with Crippen LogP contribution in [-0.4, -0.2) is 54.3 Å². The Balaban J connectivity index is 2.17. The van der Waals surface area contributed by atoms with E-state index in [1.54, 1.807) is 0 Å². The molecule has 0 saturated carbocycles. The van der Waals surface area contributed by atoms with Gasteiger partial charge in [0.2, 0.25) is 0 Å². The van der Waals surface area contributed by atoms with E-state index in [0.717, 1.165) is 12.8 Å². The predicted molar refractivity (Wildman–Crippen MR) is 122 cm³/mol. The first kappa shape index (κ1) is 24.3. The van der Waals surface area contributed by atoms with E-state index in [2.05, 4.69) is 79.9 Å². The summed E-state index contributed by atoms with van der Waals surface area (Å²) in [5.74, 6) is 0. The van der Waals surface area contributed by atoms with Crippen LogP contribution in [0.25, 0.3) is 0 Å². The maximum Gasteiger partial charge on any atom is 0.192 e. The topological polar surface area (TPSA) is 36.9 Å². The summed E-state index contributed by atoms with van der Waals surface area (Å²) in [4.78, 5) is 0. The zero-order valence-electron chi connectivity index (χ0n) is 19.9. The van der Waals surface area contributed by atoms with E-state index in [9.17, 15) is 0 Å². The molecule has 4 atom stereocenters. The Bertz CT molecular complexity index is 546. The van der Waals surface area contributed by atoms with Gasteiger partial charge in [-0.3, -0.25) is 0 Å². The number of hydrogen-bond acceptors (Lipinski definition) is 4. The van der Waals surface area contributed by atoms with Gasteiger partial charge in [0.15, 0.2) is 16.6 Å². The molecule has 0 spiro atoms. The molecule has 1 saturated heterocycles. The smallest absolute Gasteiger partial charge is 0.192 e. The molecule has 0 aromatic carbocycles. The van der Waals surface area contributed by atoms with E-state index in [-0.39, 0.29) is 34.5 Å². The van der Waals surface area contributed by atoms with Crippen molar-refractivity contribution in [3.05, 3.63) is 12.2 Å². The van der Waals surface area contributed by atoms with Crippen LogP contribution in [0.5, 0.6) is 0 Å². The minimum absolute atomic E-state index is 0.0281. The van der Waals surface area contributed by atoms with Gasteiger partial charge >= 0.3 is 0 Å². The van der Waals surface area contributed by atoms with Gasteiger partial charge < -0.3 is 18.3 Å². The summed E-state index contributed by atoms with van der Waals surface area (Å²) in [6.45, 7) is 24.3. The fourth-order valence-corrected chi connectivity index (χ4v) is 5.50. The van der Waals surface area contributed by atoms with Crippen LogP contribution in [0.15, 0.2) is 12.2 Å². The van der Waals surface area contributed by atoms with Crippen LogP contribution in [0.2, 0.25) is 36.3 Å². The van der Waals surface area contributed by atoms with Crippen molar-refractivity contribution in [2.24, 2.45) is 0 Å². The fraction of sp³-hybridized carbons (Fsp3) is 0.909. The minimum Gasteiger partial charge on any atom is -0.414 e. The van der Waals surface area contributed by atoms with Crippen molar-refractivity contribution in [2.75, 3.05) is 13.2 Å². The maximum atomic E-state index is 6.85. The van der Waals surface area contributed by atoms with E-state index in [4.69, 9.17) is 18.3 Å². The lowest BCUT2D eigenvalue weighted by Crippen LogP contribution is -2.56. The standard InChI is InChI=1S/C22H44O4Si2/c1-21(2,3)27(7,8)24-16-20-19(26-28(9,10)22(4,5)6)15-18-17(25-20)13-11-12-14-23-18/h11-12,17-20H,13-16H2,1-10H3/t17-,18+,19-,20+/m0/s1. The van der Waals surface area contributed by atoms with Crippen molar-refractivity contribution in [3.8, 4) is 0 Å². The molecule has 0 unspecified atom stereocenters. The Kier molecular flexibility index (Phi) is 7.49. The first-order valence-electron chi connectivity index (χ1n) is 10.9. The second kappa shape index (κ2) is 8.63. The van der Waals surface area contributed by atoms with Gasteiger partial charge in [-0.05, 0) is 42.7 Å². The van der Waals surface area contributed by atoms with E-state index in [1.807, 2.05) is 0 Å². The Hall–Kier alpha value is 0.0138. The van der Waals surface area contributed by atoms with Crippen molar-refractivity contribution in [1.82, 2.24) is 0 Å². The maximum absolute atomic E-state index is 6.85. The lowest BCUT2D eigenvalue weighted by molar-refractivity contribution is -0.182. The molecule has 28 heavy (non-hydrogen) atoms. The molecule has 0 aromatic heterocycles. The zero-order chi connectivity index (χ0) is 21.4. The second-order valence-corrected chi connectivity index (χ2v) is 21.1. The van der Waals surface area contributed by atoms with Gasteiger partial charge in [0.05, 0.1) is 31.5 Å². The summed E-state index contributed by atoms with van der Waals surface area (Å²) in [5, 5.41) is 0.356. The fourth-order valence-electron chi connectivity index (χ4n) is 3.13. The number of fused-ring (bicyclic) bond motifs is 1. The number of hydrogen-bond donors (Lipinski definition) is 0. The third-order valence-electron chi connectivity index (χ3n) is 7.25. The summed E-state index contributed by atoms with van der Waals surface area (Å²) in [5.41, 5.74) is 0. The van der Waals surface area contributed by atoms with Crippen LogP contribution >= 0.6 is 0 Å². The molecule has 0 bridgehead atoms. The highest BCUT2D eigenvalue weighted by Gasteiger charge is 2.46. The molecule has 164 valence electrons. The summed E-state index contributed by atoms with van der Waals surface area (Å²) in [7, 11) is -3.75. The summed E-state index contributed by atoms with van der Waals surface area (Å²) < 4.78 is 26.1. The van der Waals surface area contributed by atoms with Crippen LogP contribution in [0.3, 0.4) is 0 Å². The zero-order valence-corrected chi connectivity index (χ0v) is 21.9. The SMILES string of the molecule is CC(C)(C)[Si](C)(C)OC[C@H]1O[C@H]2CC=CCO[C@@H]2C[C@@H]1O[Si](C)(C)C(C)(C)C. The van der Waals surface area contributed by atoms with Crippen molar-refractivity contribution < 1.29 is 18.3 Å². The van der Waals surface area contributed by atoms with Gasteiger partial charge in [0.1, 0.15) is 6.10 Å². The Labute approximate surface area is 175 Å². The highest BCUT2D eigenvalue weighted by molar-refractivity contribution is 6.74. The van der Waals surface area contributed by atoms with Crippen molar-refractivity contribution in [2.45, 2.75) is 115 Å². The second-order valence-electron chi connectivity index (χ2n) is 11.5. The van der Waals surface area contributed by atoms with Crippen molar-refractivity contribution in [3.63, 3.8) is 0 Å². The quantitative estimate of drug-likeness (QED) is 0.403. The number of ether oxygens (including phenoxy) is 2. The van der Waals surface area contributed by atoms with Gasteiger partial charge in [-0.25, -0.2) is 0 Å². The van der Waals surface area contributed by atoms with E-state index < -0.39 is 16.6 Å². The van der Waals surface area contributed by atoms with Crippen LogP contribution in [0, 0.1) is 0 Å². The molecule has 2 aliphatic heterocycles. The van der Waals surface area contributed by atoms with Crippen molar-refractivity contribution in [1.29, 1.82) is 0 Å². The third kappa shape index (κ3) is 5.79. The lowest BCUT2D eigenvalue weighted by atomic mass is 9.97. The average Bonchev–Trinajstić information content (AvgIpc) is 2.75. The first-order chi connectivity index (χ1) is 12.6. The third-order valence-corrected chi connectivity index (χ3v) is 16.3. The van der Waals surface area contributed by atoms with Gasteiger partial charge in [0, 0.05) is 6.42 Å². The molecule has 0 N–H and O–H groups in total. The monoisotopic (exact) mass is 428 g/mol. The highest BCUT2D eigenvalue weighted by atomic mass is 28.4. The van der Waals surface area contributed by atoms with Gasteiger partial charge in [-0.2, -0.15) is 0 Å². The molecule has 2 heterocycles. The molecule has 0 aliphatic carbocycles. The normalized spacial score (nSPS) is 30.1. The van der Waals surface area contributed by atoms with E-state index in [1.165, 1.54) is 0 Å². The molecule has 1 fully saturated rings. The summed E-state index contributed by atoms with van der Waals surface area (Å²) >= 11 is 0. The van der Waals surface area contributed by atoms with E-state index >= 15 is 0 Å². The van der Waals surface area contributed by atoms with Gasteiger partial charge in [0.25, 0.3) is 0 Å². The number of rotatable bonds is 5. The summed E-state index contributed by atoms with van der Waals surface area (Å²) in [6.07, 6.45) is 6.31. The Morgan fingerprint density at radius 3 is 2.07 bits per heavy atom. The van der Waals surface area contributed by atoms with Crippen LogP contribution in [0.4, 0.5) is 0 Å². The predicted octanol–water partition coefficient (Wildman–Crippen LogP) is 5.90. The van der Waals surface area contributed by atoms with Crippen molar-refractivity contribution >= 4 is 16.6 Å². The minimum atomic E-state index is -1.91. The summed E-state index contributed by atoms with van der Waals surface area (Å²) in [6, 6.07) is 0. The van der Waals surface area contributed by atoms with Gasteiger partial charge in [-0.1, -0.05) is 53.7 Å². The first-order valence-corrected chi connectivity index (χ1v) is 16.7. The molecule has 0 radical (unpaired) electrons. The lowest BCUT2D eigenvalue weighted by Gasteiger charge is -2.47. The average molecular weight is 429 g/mol.